The Bertz CT molecular complexity index is 1540. The van der Waals surface area contributed by atoms with Gasteiger partial charge < -0.3 is 19.9 Å². The number of nitro groups is 1. The fraction of sp³-hybridized carbons (Fsp3) is 0.208. The summed E-state index contributed by atoms with van der Waals surface area (Å²) in [5.41, 5.74) is 5.98. The van der Waals surface area contributed by atoms with E-state index in [2.05, 4.69) is 4.98 Å². The van der Waals surface area contributed by atoms with Crippen molar-refractivity contribution in [3.63, 3.8) is 0 Å². The number of nitrogens with zero attached hydrogens (tertiary/aromatic N) is 4. The van der Waals surface area contributed by atoms with Crippen LogP contribution in [0.2, 0.25) is 0 Å². The molecule has 3 N–H and O–H groups in total. The summed E-state index contributed by atoms with van der Waals surface area (Å²) < 4.78 is 7.94. The summed E-state index contributed by atoms with van der Waals surface area (Å²) in [6.07, 6.45) is 1.63. The van der Waals surface area contributed by atoms with Crippen LogP contribution in [0.25, 0.3) is 10.9 Å². The predicted octanol–water partition coefficient (Wildman–Crippen LogP) is 1.71. The number of anilines is 2. The number of H-pyrrole nitrogens is 1. The van der Waals surface area contributed by atoms with Crippen LogP contribution in [-0.4, -0.2) is 45.2 Å². The third kappa shape index (κ3) is 4.88. The fourth-order valence-electron chi connectivity index (χ4n) is 3.98. The lowest BCUT2D eigenvalue weighted by Gasteiger charge is -2.24. The molecule has 186 valence electrons. The number of amides is 1. The Balaban J connectivity index is 1.71. The number of hydrogen-bond donors (Lipinski definition) is 2. The highest BCUT2D eigenvalue weighted by atomic mass is 16.6. The highest BCUT2D eigenvalue weighted by Crippen LogP contribution is 2.23. The number of ether oxygens (including phenoxy) is 1. The molecule has 12 heteroatoms. The summed E-state index contributed by atoms with van der Waals surface area (Å²) in [7, 11) is 1.46. The van der Waals surface area contributed by atoms with Crippen molar-refractivity contribution < 1.29 is 14.5 Å². The van der Waals surface area contributed by atoms with Gasteiger partial charge >= 0.3 is 5.69 Å². The SMILES string of the molecule is COCCN(C(=O)Cn1ccc2cc([N+](=O)[O-])ccc21)c1c(N)n(Cc2ccccc2)c(=O)[nH]c1=O. The molecule has 4 rings (SSSR count). The van der Waals surface area contributed by atoms with Crippen LogP contribution in [0.1, 0.15) is 5.56 Å². The molecule has 0 aliphatic heterocycles. The minimum atomic E-state index is -0.792. The highest BCUT2D eigenvalue weighted by Gasteiger charge is 2.25. The van der Waals surface area contributed by atoms with E-state index in [1.54, 1.807) is 22.9 Å². The molecule has 0 aliphatic rings. The maximum Gasteiger partial charge on any atom is 0.330 e. The molecule has 0 saturated carbocycles. The Hall–Kier alpha value is -4.71. The van der Waals surface area contributed by atoms with Gasteiger partial charge in [0.1, 0.15) is 12.4 Å². The minimum Gasteiger partial charge on any atom is -0.383 e. The van der Waals surface area contributed by atoms with Gasteiger partial charge in [-0.25, -0.2) is 4.79 Å². The number of nitro benzene ring substituents is 1. The lowest BCUT2D eigenvalue weighted by atomic mass is 10.2. The number of fused-ring (bicyclic) bond motifs is 1. The Morgan fingerprint density at radius 2 is 1.92 bits per heavy atom. The number of nitrogens with two attached hydrogens (primary N) is 1. The van der Waals surface area contributed by atoms with Crippen molar-refractivity contribution in [1.29, 1.82) is 0 Å². The summed E-state index contributed by atoms with van der Waals surface area (Å²) >= 11 is 0. The number of aromatic nitrogens is 3. The Morgan fingerprint density at radius 1 is 1.17 bits per heavy atom. The van der Waals surface area contributed by atoms with Gasteiger partial charge in [0.15, 0.2) is 5.69 Å². The van der Waals surface area contributed by atoms with Crippen molar-refractivity contribution in [2.75, 3.05) is 30.9 Å². The van der Waals surface area contributed by atoms with Gasteiger partial charge in [-0.1, -0.05) is 30.3 Å². The summed E-state index contributed by atoms with van der Waals surface area (Å²) in [5.74, 6) is -0.630. The van der Waals surface area contributed by atoms with Gasteiger partial charge in [0.05, 0.1) is 18.1 Å². The van der Waals surface area contributed by atoms with Gasteiger partial charge in [-0.15, -0.1) is 0 Å². The van der Waals surface area contributed by atoms with Gasteiger partial charge in [0.2, 0.25) is 5.91 Å². The zero-order valence-electron chi connectivity index (χ0n) is 19.4. The van der Waals surface area contributed by atoms with E-state index in [-0.39, 0.29) is 43.4 Å². The van der Waals surface area contributed by atoms with Gasteiger partial charge in [0.25, 0.3) is 11.2 Å². The maximum absolute atomic E-state index is 13.4. The summed E-state index contributed by atoms with van der Waals surface area (Å²) in [6, 6.07) is 15.1. The summed E-state index contributed by atoms with van der Waals surface area (Å²) in [6.45, 7) is 0.0439. The molecule has 2 aromatic carbocycles. The van der Waals surface area contributed by atoms with Crippen LogP contribution in [-0.2, 0) is 22.6 Å². The Labute approximate surface area is 204 Å². The minimum absolute atomic E-state index is 0.0107. The Morgan fingerprint density at radius 3 is 2.61 bits per heavy atom. The number of non-ortho nitro benzene ring substituents is 1. The Kier molecular flexibility index (Phi) is 6.97. The van der Waals surface area contributed by atoms with E-state index in [1.807, 2.05) is 30.3 Å². The van der Waals surface area contributed by atoms with E-state index in [9.17, 15) is 24.5 Å². The number of benzene rings is 2. The molecular formula is C24H24N6O6. The highest BCUT2D eigenvalue weighted by molar-refractivity contribution is 5.96. The molecule has 4 aromatic rings. The van der Waals surface area contributed by atoms with E-state index in [4.69, 9.17) is 10.5 Å². The summed E-state index contributed by atoms with van der Waals surface area (Å²) in [5, 5.41) is 11.7. The number of methoxy groups -OCH3 is 1. The topological polar surface area (TPSA) is 158 Å². The number of rotatable bonds is 9. The number of nitrogen functional groups attached to an aromatic ring is 1. The van der Waals surface area contributed by atoms with Crippen molar-refractivity contribution in [3.05, 3.63) is 97.3 Å². The van der Waals surface area contributed by atoms with E-state index < -0.39 is 22.1 Å². The third-order valence-corrected chi connectivity index (χ3v) is 5.76. The second kappa shape index (κ2) is 10.3. The first-order chi connectivity index (χ1) is 17.3. The van der Waals surface area contributed by atoms with Crippen molar-refractivity contribution in [3.8, 4) is 0 Å². The second-order valence-electron chi connectivity index (χ2n) is 8.05. The van der Waals surface area contributed by atoms with Crippen LogP contribution in [0.3, 0.4) is 0 Å². The van der Waals surface area contributed by atoms with Crippen molar-refractivity contribution in [2.45, 2.75) is 13.1 Å². The van der Waals surface area contributed by atoms with Crippen LogP contribution in [0.4, 0.5) is 17.2 Å². The molecule has 0 atom stereocenters. The zero-order valence-corrected chi connectivity index (χ0v) is 19.4. The lowest BCUT2D eigenvalue weighted by molar-refractivity contribution is -0.384. The standard InChI is InChI=1S/C24H24N6O6/c1-36-12-11-28(20(31)15-27-10-9-17-13-18(30(34)35)7-8-19(17)27)21-22(25)29(24(33)26-23(21)32)14-16-5-3-2-4-6-16/h2-10,13H,11-12,14-15,25H2,1H3,(H,26,32,33). The van der Waals surface area contributed by atoms with Gasteiger partial charge in [-0.3, -0.25) is 29.3 Å². The average Bonchev–Trinajstić information content (AvgIpc) is 3.26. The van der Waals surface area contributed by atoms with E-state index >= 15 is 0 Å². The molecule has 0 bridgehead atoms. The lowest BCUT2D eigenvalue weighted by Crippen LogP contribution is -2.43. The molecule has 0 saturated heterocycles. The second-order valence-corrected chi connectivity index (χ2v) is 8.05. The summed E-state index contributed by atoms with van der Waals surface area (Å²) in [4.78, 5) is 52.8. The molecule has 0 fully saturated rings. The number of aromatic amines is 1. The van der Waals surface area contributed by atoms with E-state index in [0.717, 1.165) is 5.56 Å². The molecule has 0 spiro atoms. The maximum atomic E-state index is 13.4. The average molecular weight is 492 g/mol. The normalized spacial score (nSPS) is 11.0. The van der Waals surface area contributed by atoms with Gasteiger partial charge in [0, 0.05) is 42.9 Å². The fourth-order valence-corrected chi connectivity index (χ4v) is 3.98. The first-order valence-electron chi connectivity index (χ1n) is 11.0. The molecule has 0 unspecified atom stereocenters. The molecule has 1 amide bonds. The van der Waals surface area contributed by atoms with Crippen LogP contribution in [0, 0.1) is 10.1 Å². The van der Waals surface area contributed by atoms with Crippen molar-refractivity contribution in [1.82, 2.24) is 14.1 Å². The third-order valence-electron chi connectivity index (χ3n) is 5.76. The first kappa shape index (κ1) is 24.4. The number of carbonyl (C=O) groups is 1. The number of carbonyl (C=O) groups excluding carboxylic acids is 1. The molecule has 12 nitrogen and oxygen atoms in total. The quantitative estimate of drug-likeness (QED) is 0.266. The monoisotopic (exact) mass is 492 g/mol. The van der Waals surface area contributed by atoms with Crippen LogP contribution < -0.4 is 21.9 Å². The van der Waals surface area contributed by atoms with Crippen LogP contribution >= 0.6 is 0 Å². The zero-order chi connectivity index (χ0) is 25.8. The van der Waals surface area contributed by atoms with E-state index in [0.29, 0.717) is 10.9 Å². The first-order valence-corrected chi connectivity index (χ1v) is 11.0. The molecule has 2 heterocycles. The smallest absolute Gasteiger partial charge is 0.330 e. The van der Waals surface area contributed by atoms with Crippen LogP contribution in [0.5, 0.6) is 0 Å². The van der Waals surface area contributed by atoms with E-state index in [1.165, 1.54) is 28.7 Å². The molecule has 0 radical (unpaired) electrons. The molecule has 2 aromatic heterocycles. The number of hydrogen-bond acceptors (Lipinski definition) is 7. The van der Waals surface area contributed by atoms with Gasteiger partial charge in [-0.05, 0) is 17.7 Å². The predicted molar refractivity (Wildman–Crippen MR) is 134 cm³/mol. The van der Waals surface area contributed by atoms with Crippen molar-refractivity contribution in [2.24, 2.45) is 0 Å². The molecule has 0 aliphatic carbocycles. The van der Waals surface area contributed by atoms with Crippen LogP contribution in [0.15, 0.2) is 70.4 Å². The molecular weight excluding hydrogens is 468 g/mol. The largest absolute Gasteiger partial charge is 0.383 e. The van der Waals surface area contributed by atoms with Gasteiger partial charge in [-0.2, -0.15) is 0 Å². The number of nitrogens with one attached hydrogen (secondary N) is 1. The molecule has 36 heavy (non-hydrogen) atoms. The van der Waals surface area contributed by atoms with Crippen molar-refractivity contribution >= 4 is 34.0 Å².